The molecule has 0 saturated carbocycles. The summed E-state index contributed by atoms with van der Waals surface area (Å²) in [7, 11) is 1.61. The Morgan fingerprint density at radius 3 is 2.46 bits per heavy atom. The predicted octanol–water partition coefficient (Wildman–Crippen LogP) is 3.13. The molecule has 0 bridgehead atoms. The van der Waals surface area contributed by atoms with Crippen molar-refractivity contribution in [2.45, 2.75) is 25.0 Å². The molecular formula is C28H25N5O4. The van der Waals surface area contributed by atoms with Gasteiger partial charge >= 0.3 is 0 Å². The van der Waals surface area contributed by atoms with Crippen molar-refractivity contribution in [3.63, 3.8) is 0 Å². The topological polar surface area (TPSA) is 103 Å². The van der Waals surface area contributed by atoms with Crippen LogP contribution in [0.5, 0.6) is 5.75 Å². The van der Waals surface area contributed by atoms with E-state index in [0.29, 0.717) is 17.8 Å². The number of carbonyl (C=O) groups excluding carboxylic acids is 3. The fourth-order valence-electron chi connectivity index (χ4n) is 5.39. The molecule has 2 N–H and O–H groups in total. The van der Waals surface area contributed by atoms with E-state index >= 15 is 0 Å². The van der Waals surface area contributed by atoms with E-state index in [-0.39, 0.29) is 30.3 Å². The number of carbonyl (C=O) groups is 3. The first-order valence-corrected chi connectivity index (χ1v) is 12.0. The van der Waals surface area contributed by atoms with Gasteiger partial charge in [-0.3, -0.25) is 24.6 Å². The minimum atomic E-state index is -1.29. The lowest BCUT2D eigenvalue weighted by Crippen LogP contribution is -2.54. The van der Waals surface area contributed by atoms with E-state index in [4.69, 9.17) is 4.74 Å². The molecule has 2 atom stereocenters. The molecule has 0 aromatic heterocycles. The maximum Gasteiger partial charge on any atom is 0.270 e. The molecule has 1 saturated heterocycles. The number of nitrogens with one attached hydrogen (secondary N) is 2. The lowest BCUT2D eigenvalue weighted by molar-refractivity contribution is -0.130. The molecule has 0 radical (unpaired) electrons. The first kappa shape index (κ1) is 22.9. The van der Waals surface area contributed by atoms with Crippen molar-refractivity contribution in [3.8, 4) is 5.75 Å². The van der Waals surface area contributed by atoms with Crippen LogP contribution in [-0.2, 0) is 20.0 Å². The Morgan fingerprint density at radius 1 is 1.03 bits per heavy atom. The molecule has 1 spiro atoms. The minimum Gasteiger partial charge on any atom is -0.497 e. The molecule has 0 aliphatic carbocycles. The Balaban J connectivity index is 1.31. The van der Waals surface area contributed by atoms with Crippen LogP contribution >= 0.6 is 0 Å². The van der Waals surface area contributed by atoms with Gasteiger partial charge in [0.25, 0.3) is 5.91 Å². The number of rotatable bonds is 4. The van der Waals surface area contributed by atoms with Crippen molar-refractivity contribution in [2.75, 3.05) is 23.9 Å². The molecule has 3 aromatic rings. The molecule has 3 aliphatic heterocycles. The number of nitrogens with zero attached hydrogens (tertiary/aromatic N) is 3. The summed E-state index contributed by atoms with van der Waals surface area (Å²) in [6, 6.07) is 22.2. The van der Waals surface area contributed by atoms with E-state index in [0.717, 1.165) is 28.2 Å². The zero-order valence-electron chi connectivity index (χ0n) is 20.4. The van der Waals surface area contributed by atoms with Crippen LogP contribution in [0.1, 0.15) is 36.1 Å². The number of hydrogen-bond donors (Lipinski definition) is 2. The van der Waals surface area contributed by atoms with Crippen LogP contribution < -0.4 is 20.3 Å². The van der Waals surface area contributed by atoms with Crippen molar-refractivity contribution in [1.82, 2.24) is 10.3 Å². The van der Waals surface area contributed by atoms with Gasteiger partial charge in [-0.2, -0.15) is 5.10 Å². The van der Waals surface area contributed by atoms with Crippen molar-refractivity contribution in [2.24, 2.45) is 5.10 Å². The summed E-state index contributed by atoms with van der Waals surface area (Å²) in [5.74, 6) is 0.118. The first-order chi connectivity index (χ1) is 17.9. The summed E-state index contributed by atoms with van der Waals surface area (Å²) in [6.45, 7) is 1.55. The van der Waals surface area contributed by atoms with Gasteiger partial charge in [0.1, 0.15) is 5.75 Å². The average Bonchev–Trinajstić information content (AvgIpc) is 3.59. The second-order valence-electron chi connectivity index (χ2n) is 9.24. The van der Waals surface area contributed by atoms with E-state index in [1.807, 2.05) is 72.8 Å². The number of fused-ring (bicyclic) bond motifs is 2. The summed E-state index contributed by atoms with van der Waals surface area (Å²) in [5.41, 5.74) is 3.29. The van der Waals surface area contributed by atoms with Crippen LogP contribution in [0.3, 0.4) is 0 Å². The monoisotopic (exact) mass is 495 g/mol. The van der Waals surface area contributed by atoms with Crippen LogP contribution in [0, 0.1) is 0 Å². The Hall–Kier alpha value is -4.50. The maximum atomic E-state index is 13.1. The van der Waals surface area contributed by atoms with E-state index in [9.17, 15) is 14.4 Å². The van der Waals surface area contributed by atoms with Crippen molar-refractivity contribution in [1.29, 1.82) is 0 Å². The van der Waals surface area contributed by atoms with Crippen LogP contribution in [0.25, 0.3) is 0 Å². The summed E-state index contributed by atoms with van der Waals surface area (Å²) in [6.07, 6.45) is 0.551. The SMILES string of the molecule is COc1ccc(C2CC(c3ccc(N4C(=O)CNC45C(=O)Nc4ccccc45)cc3)=NN2C(C)=O)cc1. The van der Waals surface area contributed by atoms with E-state index in [1.165, 1.54) is 16.8 Å². The third-order valence-electron chi connectivity index (χ3n) is 7.17. The maximum absolute atomic E-state index is 13.1. The number of para-hydroxylation sites is 1. The number of hydrazone groups is 1. The molecular weight excluding hydrogens is 470 g/mol. The Morgan fingerprint density at radius 2 is 1.76 bits per heavy atom. The lowest BCUT2D eigenvalue weighted by atomic mass is 9.97. The van der Waals surface area contributed by atoms with Crippen LogP contribution in [-0.4, -0.2) is 42.1 Å². The number of anilines is 2. The molecule has 2 unspecified atom stereocenters. The zero-order chi connectivity index (χ0) is 25.7. The van der Waals surface area contributed by atoms with Crippen molar-refractivity contribution in [3.05, 3.63) is 89.5 Å². The van der Waals surface area contributed by atoms with Gasteiger partial charge in [0.05, 0.1) is 25.4 Å². The predicted molar refractivity (Wildman–Crippen MR) is 138 cm³/mol. The second kappa shape index (κ2) is 8.56. The fraction of sp³-hybridized carbons (Fsp3) is 0.214. The molecule has 6 rings (SSSR count). The molecule has 3 aromatic carbocycles. The zero-order valence-corrected chi connectivity index (χ0v) is 20.4. The summed E-state index contributed by atoms with van der Waals surface area (Å²) < 4.78 is 5.25. The highest BCUT2D eigenvalue weighted by Crippen LogP contribution is 2.43. The van der Waals surface area contributed by atoms with Gasteiger partial charge in [-0.1, -0.05) is 42.5 Å². The number of methoxy groups -OCH3 is 1. The van der Waals surface area contributed by atoms with E-state index in [2.05, 4.69) is 15.7 Å². The van der Waals surface area contributed by atoms with Crippen LogP contribution in [0.2, 0.25) is 0 Å². The van der Waals surface area contributed by atoms with E-state index < -0.39 is 5.66 Å². The quantitative estimate of drug-likeness (QED) is 0.579. The lowest BCUT2D eigenvalue weighted by Gasteiger charge is -2.33. The molecule has 186 valence electrons. The van der Waals surface area contributed by atoms with Gasteiger partial charge in [-0.25, -0.2) is 5.01 Å². The van der Waals surface area contributed by atoms with Crippen molar-refractivity contribution < 1.29 is 19.1 Å². The number of hydrogen-bond acceptors (Lipinski definition) is 6. The van der Waals surface area contributed by atoms with Gasteiger partial charge in [0, 0.05) is 30.3 Å². The number of ether oxygens (including phenoxy) is 1. The van der Waals surface area contributed by atoms with Gasteiger partial charge in [0.15, 0.2) is 0 Å². The summed E-state index contributed by atoms with van der Waals surface area (Å²) in [4.78, 5) is 40.0. The number of amides is 3. The largest absolute Gasteiger partial charge is 0.497 e. The van der Waals surface area contributed by atoms with Gasteiger partial charge in [-0.05, 0) is 41.5 Å². The Kier molecular flexibility index (Phi) is 5.31. The minimum absolute atomic E-state index is 0.0489. The molecule has 9 nitrogen and oxygen atoms in total. The third kappa shape index (κ3) is 3.50. The molecule has 3 aliphatic rings. The van der Waals surface area contributed by atoms with Crippen LogP contribution in [0.4, 0.5) is 11.4 Å². The number of benzene rings is 3. The molecule has 3 heterocycles. The molecule has 37 heavy (non-hydrogen) atoms. The van der Waals surface area contributed by atoms with Gasteiger partial charge < -0.3 is 10.1 Å². The first-order valence-electron chi connectivity index (χ1n) is 12.0. The normalized spacial score (nSPS) is 22.3. The average molecular weight is 496 g/mol. The summed E-state index contributed by atoms with van der Waals surface area (Å²) in [5, 5.41) is 12.2. The van der Waals surface area contributed by atoms with Gasteiger partial charge in [0.2, 0.25) is 17.5 Å². The smallest absolute Gasteiger partial charge is 0.270 e. The molecule has 3 amide bonds. The molecule has 9 heteroatoms. The molecule has 1 fully saturated rings. The summed E-state index contributed by atoms with van der Waals surface area (Å²) >= 11 is 0. The highest BCUT2D eigenvalue weighted by atomic mass is 16.5. The Labute approximate surface area is 213 Å². The Bertz CT molecular complexity index is 1450. The fourth-order valence-corrected chi connectivity index (χ4v) is 5.39. The standard InChI is InChI=1S/C28H25N5O4/c1-17(34)33-25(19-9-13-21(37-2)14-10-19)15-24(31-33)18-7-11-20(12-8-18)32-26(35)16-29-28(32)22-5-3-4-6-23(22)30-27(28)36/h3-14,25,29H,15-16H2,1-2H3,(H,30,36). The van der Waals surface area contributed by atoms with E-state index in [1.54, 1.807) is 7.11 Å². The highest BCUT2D eigenvalue weighted by molar-refractivity contribution is 6.15. The third-order valence-corrected chi connectivity index (χ3v) is 7.17. The van der Waals surface area contributed by atoms with Gasteiger partial charge in [-0.15, -0.1) is 0 Å². The van der Waals surface area contributed by atoms with Crippen LogP contribution in [0.15, 0.2) is 77.9 Å². The highest BCUT2D eigenvalue weighted by Gasteiger charge is 2.57. The van der Waals surface area contributed by atoms with Crippen molar-refractivity contribution >= 4 is 34.8 Å². The second-order valence-corrected chi connectivity index (χ2v) is 9.24.